The van der Waals surface area contributed by atoms with Crippen molar-refractivity contribution in [3.8, 4) is 5.75 Å². The lowest BCUT2D eigenvalue weighted by molar-refractivity contribution is 0.199. The van der Waals surface area contributed by atoms with Crippen LogP contribution in [0, 0.1) is 0 Å². The molecule has 0 N–H and O–H groups in total. The molecule has 2 bridgehead atoms. The second-order valence-corrected chi connectivity index (χ2v) is 8.83. The zero-order valence-electron chi connectivity index (χ0n) is 15.5. The summed E-state index contributed by atoms with van der Waals surface area (Å²) in [6.45, 7) is 1.16. The Morgan fingerprint density at radius 2 is 1.85 bits per heavy atom. The van der Waals surface area contributed by atoms with Gasteiger partial charge in [0.25, 0.3) is 0 Å². The highest BCUT2D eigenvalue weighted by atomic mass is 32.2. The van der Waals surface area contributed by atoms with Crippen LogP contribution in [0.2, 0.25) is 0 Å². The Bertz CT molecular complexity index is 910. The molecule has 0 saturated carbocycles. The van der Waals surface area contributed by atoms with Crippen LogP contribution in [0.4, 0.5) is 0 Å². The SMILES string of the molecule is COCCc1nnc2n1C[C@H]1CC[C@@H](C2)N1S(=O)(=O)c1ccc(OC)cc1. The zero-order valence-corrected chi connectivity index (χ0v) is 16.4. The van der Waals surface area contributed by atoms with Gasteiger partial charge in [-0.2, -0.15) is 4.31 Å². The topological polar surface area (TPSA) is 86.6 Å². The summed E-state index contributed by atoms with van der Waals surface area (Å²) in [7, 11) is -0.358. The van der Waals surface area contributed by atoms with Gasteiger partial charge in [0.05, 0.1) is 18.6 Å². The third-order valence-electron chi connectivity index (χ3n) is 5.43. The molecule has 2 aromatic rings. The van der Waals surface area contributed by atoms with E-state index in [1.54, 1.807) is 42.8 Å². The average Bonchev–Trinajstić information content (AvgIpc) is 3.19. The first-order valence-electron chi connectivity index (χ1n) is 9.12. The van der Waals surface area contributed by atoms with E-state index in [4.69, 9.17) is 9.47 Å². The van der Waals surface area contributed by atoms with Crippen molar-refractivity contribution >= 4 is 10.0 Å². The maximum absolute atomic E-state index is 13.4. The molecule has 0 aliphatic carbocycles. The molecule has 1 aromatic heterocycles. The summed E-state index contributed by atoms with van der Waals surface area (Å²) < 4.78 is 40.8. The van der Waals surface area contributed by atoms with E-state index in [9.17, 15) is 8.42 Å². The van der Waals surface area contributed by atoms with Gasteiger partial charge in [-0.3, -0.25) is 0 Å². The Hall–Kier alpha value is -1.97. The zero-order chi connectivity index (χ0) is 19.0. The first kappa shape index (κ1) is 18.4. The van der Waals surface area contributed by atoms with Crippen LogP contribution in [0.1, 0.15) is 24.5 Å². The highest BCUT2D eigenvalue weighted by Gasteiger charge is 2.45. The van der Waals surface area contributed by atoms with Gasteiger partial charge >= 0.3 is 0 Å². The van der Waals surface area contributed by atoms with Gasteiger partial charge in [0, 0.05) is 38.6 Å². The summed E-state index contributed by atoms with van der Waals surface area (Å²) in [5.74, 6) is 2.37. The molecule has 2 aliphatic heterocycles. The van der Waals surface area contributed by atoms with E-state index >= 15 is 0 Å². The minimum absolute atomic E-state index is 0.0807. The molecule has 2 aliphatic rings. The van der Waals surface area contributed by atoms with E-state index in [1.165, 1.54) is 0 Å². The molecule has 0 unspecified atom stereocenters. The number of methoxy groups -OCH3 is 2. The molecule has 4 rings (SSSR count). The Morgan fingerprint density at radius 1 is 1.11 bits per heavy atom. The lowest BCUT2D eigenvalue weighted by Crippen LogP contribution is -2.42. The highest BCUT2D eigenvalue weighted by molar-refractivity contribution is 7.89. The molecular formula is C18H24N4O4S. The predicted molar refractivity (Wildman–Crippen MR) is 98.1 cm³/mol. The van der Waals surface area contributed by atoms with Crippen LogP contribution in [0.3, 0.4) is 0 Å². The second-order valence-electron chi connectivity index (χ2n) is 6.99. The van der Waals surface area contributed by atoms with Crippen molar-refractivity contribution in [2.45, 2.75) is 49.2 Å². The van der Waals surface area contributed by atoms with Crippen molar-refractivity contribution in [1.82, 2.24) is 19.1 Å². The van der Waals surface area contributed by atoms with Gasteiger partial charge in [0.2, 0.25) is 10.0 Å². The fourth-order valence-corrected chi connectivity index (χ4v) is 5.96. The minimum atomic E-state index is -3.58. The molecule has 1 saturated heterocycles. The highest BCUT2D eigenvalue weighted by Crippen LogP contribution is 2.36. The molecular weight excluding hydrogens is 368 g/mol. The number of sulfonamides is 1. The van der Waals surface area contributed by atoms with Crippen LogP contribution in [0.15, 0.2) is 29.2 Å². The summed E-state index contributed by atoms with van der Waals surface area (Å²) in [5.41, 5.74) is 0. The normalized spacial score (nSPS) is 22.4. The van der Waals surface area contributed by atoms with E-state index in [1.807, 2.05) is 0 Å². The number of benzene rings is 1. The Kier molecular flexibility index (Phi) is 4.92. The summed E-state index contributed by atoms with van der Waals surface area (Å²) >= 11 is 0. The quantitative estimate of drug-likeness (QED) is 0.735. The van der Waals surface area contributed by atoms with Crippen molar-refractivity contribution in [2.24, 2.45) is 0 Å². The van der Waals surface area contributed by atoms with Gasteiger partial charge in [-0.15, -0.1) is 10.2 Å². The largest absolute Gasteiger partial charge is 0.497 e. The second kappa shape index (κ2) is 7.21. The van der Waals surface area contributed by atoms with Crippen LogP contribution in [-0.2, 0) is 34.1 Å². The number of hydrogen-bond donors (Lipinski definition) is 0. The maximum atomic E-state index is 13.4. The van der Waals surface area contributed by atoms with E-state index in [-0.39, 0.29) is 12.1 Å². The monoisotopic (exact) mass is 392 g/mol. The molecule has 1 aromatic carbocycles. The summed E-state index contributed by atoms with van der Waals surface area (Å²) in [6.07, 6.45) is 2.96. The lowest BCUT2D eigenvalue weighted by Gasteiger charge is -2.27. The molecule has 0 amide bonds. The lowest BCUT2D eigenvalue weighted by atomic mass is 10.1. The minimum Gasteiger partial charge on any atom is -0.497 e. The molecule has 27 heavy (non-hydrogen) atoms. The van der Waals surface area contributed by atoms with Crippen molar-refractivity contribution in [2.75, 3.05) is 20.8 Å². The van der Waals surface area contributed by atoms with Gasteiger partial charge in [-0.1, -0.05) is 0 Å². The summed E-state index contributed by atoms with van der Waals surface area (Å²) in [6, 6.07) is 6.43. The van der Waals surface area contributed by atoms with Crippen molar-refractivity contribution < 1.29 is 17.9 Å². The van der Waals surface area contributed by atoms with Crippen LogP contribution in [0.25, 0.3) is 0 Å². The van der Waals surface area contributed by atoms with Gasteiger partial charge in [-0.05, 0) is 37.1 Å². The van der Waals surface area contributed by atoms with Crippen LogP contribution in [-0.4, -0.2) is 60.4 Å². The molecule has 9 heteroatoms. The number of rotatable bonds is 6. The van der Waals surface area contributed by atoms with Gasteiger partial charge in [-0.25, -0.2) is 8.42 Å². The third-order valence-corrected chi connectivity index (χ3v) is 7.45. The van der Waals surface area contributed by atoms with Crippen molar-refractivity contribution in [3.63, 3.8) is 0 Å². The Labute approximate surface area is 159 Å². The molecule has 8 nitrogen and oxygen atoms in total. The first-order valence-corrected chi connectivity index (χ1v) is 10.6. The molecule has 3 heterocycles. The maximum Gasteiger partial charge on any atom is 0.243 e. The fraction of sp³-hybridized carbons (Fsp3) is 0.556. The van der Waals surface area contributed by atoms with Crippen LogP contribution >= 0.6 is 0 Å². The fourth-order valence-electron chi connectivity index (χ4n) is 4.10. The third kappa shape index (κ3) is 3.24. The Balaban J connectivity index is 1.64. The van der Waals surface area contributed by atoms with E-state index in [0.29, 0.717) is 36.6 Å². The Morgan fingerprint density at radius 3 is 2.56 bits per heavy atom. The summed E-state index contributed by atoms with van der Waals surface area (Å²) in [4.78, 5) is 0.303. The number of hydrogen-bond acceptors (Lipinski definition) is 6. The van der Waals surface area contributed by atoms with Gasteiger partial charge < -0.3 is 14.0 Å². The number of aromatic nitrogens is 3. The van der Waals surface area contributed by atoms with E-state index < -0.39 is 10.0 Å². The van der Waals surface area contributed by atoms with Crippen molar-refractivity contribution in [1.29, 1.82) is 0 Å². The van der Waals surface area contributed by atoms with Crippen LogP contribution < -0.4 is 4.74 Å². The van der Waals surface area contributed by atoms with E-state index in [0.717, 1.165) is 24.5 Å². The van der Waals surface area contributed by atoms with Crippen LogP contribution in [0.5, 0.6) is 5.75 Å². The number of nitrogens with zero attached hydrogens (tertiary/aromatic N) is 4. The molecule has 1 fully saturated rings. The number of ether oxygens (including phenoxy) is 2. The summed E-state index contributed by atoms with van der Waals surface area (Å²) in [5, 5.41) is 8.61. The standard InChI is InChI=1S/C18H24N4O4S/c1-25-10-9-17-19-20-18-11-13-3-4-14(12-21(17)18)22(13)27(23,24)16-7-5-15(26-2)6-8-16/h5-8,13-14H,3-4,9-12H2,1-2H3/t13-,14+/m0/s1. The molecule has 0 radical (unpaired) electrons. The van der Waals surface area contributed by atoms with Crippen molar-refractivity contribution in [3.05, 3.63) is 35.9 Å². The molecule has 2 atom stereocenters. The van der Waals surface area contributed by atoms with E-state index in [2.05, 4.69) is 14.8 Å². The van der Waals surface area contributed by atoms with Gasteiger partial charge in [0.1, 0.15) is 17.4 Å². The average molecular weight is 392 g/mol. The number of fused-ring (bicyclic) bond motifs is 3. The smallest absolute Gasteiger partial charge is 0.243 e. The first-order chi connectivity index (χ1) is 13.0. The molecule has 146 valence electrons. The van der Waals surface area contributed by atoms with Gasteiger partial charge in [0.15, 0.2) is 0 Å². The predicted octanol–water partition coefficient (Wildman–Crippen LogP) is 1.25. The molecule has 0 spiro atoms.